The van der Waals surface area contributed by atoms with E-state index in [0.717, 1.165) is 31.3 Å². The van der Waals surface area contributed by atoms with Crippen LogP contribution in [0.15, 0.2) is 30.3 Å². The number of hydrogen-bond donors (Lipinski definition) is 1. The van der Waals surface area contributed by atoms with Crippen LogP contribution >= 0.6 is 0 Å². The van der Waals surface area contributed by atoms with Crippen molar-refractivity contribution >= 4 is 12.0 Å². The molecule has 0 saturated carbocycles. The quantitative estimate of drug-likeness (QED) is 0.807. The van der Waals surface area contributed by atoms with Crippen molar-refractivity contribution in [2.75, 3.05) is 27.3 Å². The zero-order chi connectivity index (χ0) is 15.2. The Morgan fingerprint density at radius 3 is 2.29 bits per heavy atom. The number of carboxylic acid groups (broad SMARTS) is 1. The van der Waals surface area contributed by atoms with Gasteiger partial charge in [0.1, 0.15) is 0 Å². The van der Waals surface area contributed by atoms with Crippen molar-refractivity contribution in [3.8, 4) is 0 Å². The van der Waals surface area contributed by atoms with Crippen LogP contribution in [-0.4, -0.2) is 55.5 Å². The summed E-state index contributed by atoms with van der Waals surface area (Å²) in [4.78, 5) is 12.8. The van der Waals surface area contributed by atoms with Gasteiger partial charge in [-0.25, -0.2) is 4.79 Å². The maximum Gasteiger partial charge on any atom is 0.328 e. The SMILES string of the molecule is COC1CN(Cc2ccc(/C=C/C(=O)O)cc2)CC1OC. The highest BCUT2D eigenvalue weighted by Gasteiger charge is 2.32. The van der Waals surface area contributed by atoms with Gasteiger partial charge in [0, 0.05) is 39.9 Å². The van der Waals surface area contributed by atoms with E-state index in [1.165, 1.54) is 5.56 Å². The minimum Gasteiger partial charge on any atom is -0.478 e. The van der Waals surface area contributed by atoms with Crippen LogP contribution in [-0.2, 0) is 20.8 Å². The first-order valence-electron chi connectivity index (χ1n) is 6.90. The fourth-order valence-electron chi connectivity index (χ4n) is 2.56. The molecule has 1 heterocycles. The Morgan fingerprint density at radius 1 is 1.24 bits per heavy atom. The summed E-state index contributed by atoms with van der Waals surface area (Å²) in [6, 6.07) is 7.88. The summed E-state index contributed by atoms with van der Waals surface area (Å²) in [5.41, 5.74) is 2.07. The minimum atomic E-state index is -0.938. The number of ether oxygens (including phenoxy) is 2. The highest BCUT2D eigenvalue weighted by molar-refractivity contribution is 5.85. The molecule has 1 saturated heterocycles. The number of carbonyl (C=O) groups is 1. The molecule has 0 radical (unpaired) electrons. The van der Waals surface area contributed by atoms with Gasteiger partial charge in [-0.15, -0.1) is 0 Å². The molecule has 0 aromatic heterocycles. The summed E-state index contributed by atoms with van der Waals surface area (Å²) in [6.45, 7) is 2.55. The van der Waals surface area contributed by atoms with Gasteiger partial charge in [-0.05, 0) is 17.2 Å². The van der Waals surface area contributed by atoms with E-state index in [2.05, 4.69) is 4.90 Å². The third-order valence-electron chi connectivity index (χ3n) is 3.70. The molecule has 1 fully saturated rings. The van der Waals surface area contributed by atoms with Gasteiger partial charge in [0.2, 0.25) is 0 Å². The first kappa shape index (κ1) is 15.7. The second-order valence-corrected chi connectivity index (χ2v) is 5.16. The maximum atomic E-state index is 10.5. The molecular formula is C16H21NO4. The summed E-state index contributed by atoms with van der Waals surface area (Å²) in [5, 5.41) is 8.60. The molecule has 0 spiro atoms. The first-order valence-corrected chi connectivity index (χ1v) is 6.90. The van der Waals surface area contributed by atoms with E-state index in [4.69, 9.17) is 14.6 Å². The molecule has 21 heavy (non-hydrogen) atoms. The highest BCUT2D eigenvalue weighted by Crippen LogP contribution is 2.18. The number of methoxy groups -OCH3 is 2. The number of benzene rings is 1. The van der Waals surface area contributed by atoms with Crippen LogP contribution in [0.25, 0.3) is 6.08 Å². The lowest BCUT2D eigenvalue weighted by Crippen LogP contribution is -2.27. The fourth-order valence-corrected chi connectivity index (χ4v) is 2.56. The van der Waals surface area contributed by atoms with Gasteiger partial charge in [-0.2, -0.15) is 0 Å². The molecule has 0 amide bonds. The smallest absolute Gasteiger partial charge is 0.328 e. The molecular weight excluding hydrogens is 270 g/mol. The van der Waals surface area contributed by atoms with E-state index in [1.54, 1.807) is 20.3 Å². The van der Waals surface area contributed by atoms with Crippen LogP contribution in [0.2, 0.25) is 0 Å². The molecule has 1 aliphatic rings. The third-order valence-corrected chi connectivity index (χ3v) is 3.70. The monoisotopic (exact) mass is 291 g/mol. The van der Waals surface area contributed by atoms with Gasteiger partial charge >= 0.3 is 5.97 Å². The number of rotatable bonds is 6. The molecule has 2 atom stereocenters. The average molecular weight is 291 g/mol. The van der Waals surface area contributed by atoms with Crippen LogP contribution in [0.3, 0.4) is 0 Å². The lowest BCUT2D eigenvalue weighted by Gasteiger charge is -2.15. The average Bonchev–Trinajstić information content (AvgIpc) is 2.88. The second-order valence-electron chi connectivity index (χ2n) is 5.16. The molecule has 0 bridgehead atoms. The van der Waals surface area contributed by atoms with Crippen LogP contribution in [0.1, 0.15) is 11.1 Å². The van der Waals surface area contributed by atoms with E-state index in [0.29, 0.717) is 0 Å². The van der Waals surface area contributed by atoms with Crippen molar-refractivity contribution in [3.63, 3.8) is 0 Å². The molecule has 1 N–H and O–H groups in total. The molecule has 5 nitrogen and oxygen atoms in total. The van der Waals surface area contributed by atoms with E-state index in [9.17, 15) is 4.79 Å². The Morgan fingerprint density at radius 2 is 1.81 bits per heavy atom. The Bertz CT molecular complexity index is 486. The number of hydrogen-bond acceptors (Lipinski definition) is 4. The number of aliphatic carboxylic acids is 1. The van der Waals surface area contributed by atoms with Gasteiger partial charge in [0.15, 0.2) is 0 Å². The molecule has 114 valence electrons. The Labute approximate surface area is 124 Å². The largest absolute Gasteiger partial charge is 0.478 e. The summed E-state index contributed by atoms with van der Waals surface area (Å²) < 4.78 is 10.8. The van der Waals surface area contributed by atoms with Crippen molar-refractivity contribution in [2.45, 2.75) is 18.8 Å². The summed E-state index contributed by atoms with van der Waals surface area (Å²) in [7, 11) is 3.42. The molecule has 0 aliphatic carbocycles. The predicted octanol–water partition coefficient (Wildman–Crippen LogP) is 1.63. The summed E-state index contributed by atoms with van der Waals surface area (Å²) >= 11 is 0. The molecule has 1 aromatic rings. The van der Waals surface area contributed by atoms with Crippen molar-refractivity contribution in [1.29, 1.82) is 0 Å². The van der Waals surface area contributed by atoms with Crippen LogP contribution < -0.4 is 0 Å². The zero-order valence-electron chi connectivity index (χ0n) is 12.4. The van der Waals surface area contributed by atoms with Crippen LogP contribution in [0.5, 0.6) is 0 Å². The summed E-state index contributed by atoms with van der Waals surface area (Å²) in [5.74, 6) is -0.938. The number of carboxylic acids is 1. The van der Waals surface area contributed by atoms with Crippen molar-refractivity contribution < 1.29 is 19.4 Å². The van der Waals surface area contributed by atoms with E-state index >= 15 is 0 Å². The van der Waals surface area contributed by atoms with Crippen LogP contribution in [0.4, 0.5) is 0 Å². The zero-order valence-corrected chi connectivity index (χ0v) is 12.4. The van der Waals surface area contributed by atoms with Crippen molar-refractivity contribution in [2.24, 2.45) is 0 Å². The topological polar surface area (TPSA) is 59.0 Å². The number of likely N-dealkylation sites (tertiary alicyclic amines) is 1. The standard InChI is InChI=1S/C16H21NO4/c1-20-14-10-17(11-15(14)21-2)9-13-5-3-12(4-6-13)7-8-16(18)19/h3-8,14-15H,9-11H2,1-2H3,(H,18,19)/b8-7+. The van der Waals surface area contributed by atoms with Gasteiger partial charge in [-0.3, -0.25) is 4.90 Å². The number of nitrogens with zero attached hydrogens (tertiary/aromatic N) is 1. The van der Waals surface area contributed by atoms with E-state index in [1.807, 2.05) is 24.3 Å². The predicted molar refractivity (Wildman–Crippen MR) is 80.0 cm³/mol. The van der Waals surface area contributed by atoms with Gasteiger partial charge in [0.25, 0.3) is 0 Å². The summed E-state index contributed by atoms with van der Waals surface area (Å²) in [6.07, 6.45) is 2.96. The lowest BCUT2D eigenvalue weighted by molar-refractivity contribution is -0.131. The van der Waals surface area contributed by atoms with Gasteiger partial charge < -0.3 is 14.6 Å². The highest BCUT2D eigenvalue weighted by atomic mass is 16.5. The molecule has 1 aliphatic heterocycles. The van der Waals surface area contributed by atoms with Gasteiger partial charge in [0.05, 0.1) is 12.2 Å². The third kappa shape index (κ3) is 4.39. The van der Waals surface area contributed by atoms with E-state index < -0.39 is 5.97 Å². The molecule has 1 aromatic carbocycles. The Hall–Kier alpha value is -1.69. The van der Waals surface area contributed by atoms with Crippen LogP contribution in [0, 0.1) is 0 Å². The molecule has 2 unspecified atom stereocenters. The first-order chi connectivity index (χ1) is 10.1. The van der Waals surface area contributed by atoms with E-state index in [-0.39, 0.29) is 12.2 Å². The Balaban J connectivity index is 1.93. The normalized spacial score (nSPS) is 23.0. The lowest BCUT2D eigenvalue weighted by atomic mass is 10.1. The second kappa shape index (κ2) is 7.36. The van der Waals surface area contributed by atoms with Crippen molar-refractivity contribution in [1.82, 2.24) is 4.90 Å². The fraction of sp³-hybridized carbons (Fsp3) is 0.438. The molecule has 2 rings (SSSR count). The Kier molecular flexibility index (Phi) is 5.50. The van der Waals surface area contributed by atoms with Gasteiger partial charge in [-0.1, -0.05) is 24.3 Å². The maximum absolute atomic E-state index is 10.5. The van der Waals surface area contributed by atoms with Crippen molar-refractivity contribution in [3.05, 3.63) is 41.5 Å². The minimum absolute atomic E-state index is 0.118. The molecule has 5 heteroatoms.